The lowest BCUT2D eigenvalue weighted by atomic mass is 10.0. The van der Waals surface area contributed by atoms with Crippen LogP contribution in [0.3, 0.4) is 0 Å². The molecule has 2 rings (SSSR count). The van der Waals surface area contributed by atoms with E-state index in [0.29, 0.717) is 18.1 Å². The average Bonchev–Trinajstić information content (AvgIpc) is 2.32. The predicted octanol–water partition coefficient (Wildman–Crippen LogP) is 1.88. The summed E-state index contributed by atoms with van der Waals surface area (Å²) in [6, 6.07) is 3.55. The second-order valence-electron chi connectivity index (χ2n) is 5.52. The van der Waals surface area contributed by atoms with Gasteiger partial charge in [0.1, 0.15) is 11.6 Å². The first kappa shape index (κ1) is 15.1. The van der Waals surface area contributed by atoms with Crippen LogP contribution in [0.5, 0.6) is 0 Å². The smallest absolute Gasteiger partial charge is 0.227 e. The molecule has 0 bridgehead atoms. The number of carbonyl (C=O) groups is 1. The molecule has 0 spiro atoms. The number of halogens is 2. The van der Waals surface area contributed by atoms with Gasteiger partial charge in [0.15, 0.2) is 0 Å². The second-order valence-corrected chi connectivity index (χ2v) is 7.10. The molecule has 1 aliphatic rings. The molecule has 1 amide bonds. The molecule has 1 aromatic carbocycles. The maximum Gasteiger partial charge on any atom is 0.227 e. The highest BCUT2D eigenvalue weighted by molar-refractivity contribution is 7.85. The van der Waals surface area contributed by atoms with Gasteiger partial charge in [-0.15, -0.1) is 0 Å². The minimum atomic E-state index is -0.944. The number of hydrogen-bond acceptors (Lipinski definition) is 2. The Kier molecular flexibility index (Phi) is 4.22. The average molecular weight is 301 g/mol. The van der Waals surface area contributed by atoms with Crippen LogP contribution in [0.4, 0.5) is 8.78 Å². The number of rotatable bonds is 2. The molecular formula is C14H17F2NO2S. The van der Waals surface area contributed by atoms with E-state index >= 15 is 0 Å². The standard InChI is InChI=1S/C14H17F2NO2S/c1-14(2)9-20(19)7-6-17(14)13(18)8-10-11(15)4-3-5-12(10)16/h3-5H,6-9H2,1-2H3/t20-/m0/s1. The summed E-state index contributed by atoms with van der Waals surface area (Å²) in [6.45, 7) is 3.99. The normalized spacial score (nSPS) is 21.8. The lowest BCUT2D eigenvalue weighted by Gasteiger charge is -2.42. The Morgan fingerprint density at radius 2 is 1.95 bits per heavy atom. The van der Waals surface area contributed by atoms with Crippen LogP contribution < -0.4 is 0 Å². The zero-order chi connectivity index (χ0) is 14.9. The van der Waals surface area contributed by atoms with Crippen molar-refractivity contribution in [1.29, 1.82) is 0 Å². The molecule has 0 radical (unpaired) electrons. The Hall–Kier alpha value is -1.30. The highest BCUT2D eigenvalue weighted by Gasteiger charge is 2.36. The number of hydrogen-bond donors (Lipinski definition) is 0. The van der Waals surface area contributed by atoms with Crippen molar-refractivity contribution in [3.05, 3.63) is 35.4 Å². The van der Waals surface area contributed by atoms with Crippen molar-refractivity contribution in [1.82, 2.24) is 4.90 Å². The Morgan fingerprint density at radius 1 is 1.35 bits per heavy atom. The van der Waals surface area contributed by atoms with E-state index in [4.69, 9.17) is 0 Å². The molecule has 0 unspecified atom stereocenters. The van der Waals surface area contributed by atoms with Gasteiger partial charge in [-0.25, -0.2) is 8.78 Å². The zero-order valence-corrected chi connectivity index (χ0v) is 12.3. The van der Waals surface area contributed by atoms with Crippen LogP contribution in [-0.4, -0.2) is 38.6 Å². The number of amides is 1. The van der Waals surface area contributed by atoms with Gasteiger partial charge < -0.3 is 4.90 Å². The first-order valence-electron chi connectivity index (χ1n) is 6.39. The van der Waals surface area contributed by atoms with Crippen molar-refractivity contribution in [2.75, 3.05) is 18.1 Å². The summed E-state index contributed by atoms with van der Waals surface area (Å²) >= 11 is 0. The van der Waals surface area contributed by atoms with Crippen LogP contribution in [-0.2, 0) is 22.0 Å². The van der Waals surface area contributed by atoms with Gasteiger partial charge in [0.25, 0.3) is 0 Å². The van der Waals surface area contributed by atoms with E-state index in [9.17, 15) is 17.8 Å². The van der Waals surface area contributed by atoms with E-state index in [-0.39, 0.29) is 17.9 Å². The maximum atomic E-state index is 13.6. The molecule has 3 nitrogen and oxygen atoms in total. The third-order valence-electron chi connectivity index (χ3n) is 3.48. The fraction of sp³-hybridized carbons (Fsp3) is 0.500. The van der Waals surface area contributed by atoms with E-state index in [1.165, 1.54) is 6.07 Å². The summed E-state index contributed by atoms with van der Waals surface area (Å²) in [5, 5.41) is 0. The molecule has 110 valence electrons. The lowest BCUT2D eigenvalue weighted by molar-refractivity contribution is -0.135. The maximum absolute atomic E-state index is 13.6. The van der Waals surface area contributed by atoms with Crippen molar-refractivity contribution >= 4 is 16.7 Å². The van der Waals surface area contributed by atoms with Gasteiger partial charge in [-0.2, -0.15) is 0 Å². The van der Waals surface area contributed by atoms with Gasteiger partial charge >= 0.3 is 0 Å². The van der Waals surface area contributed by atoms with E-state index < -0.39 is 28.0 Å². The van der Waals surface area contributed by atoms with Crippen LogP contribution in [0.1, 0.15) is 19.4 Å². The summed E-state index contributed by atoms with van der Waals surface area (Å²) < 4.78 is 38.7. The third-order valence-corrected chi connectivity index (χ3v) is 5.14. The summed E-state index contributed by atoms with van der Waals surface area (Å²) in [6.07, 6.45) is -0.311. The molecule has 1 saturated heterocycles. The Labute approximate surface area is 119 Å². The summed E-state index contributed by atoms with van der Waals surface area (Å²) in [5.74, 6) is -0.961. The van der Waals surface area contributed by atoms with Crippen molar-refractivity contribution in [3.8, 4) is 0 Å². The quantitative estimate of drug-likeness (QED) is 0.836. The SMILES string of the molecule is CC1(C)C[S@@](=O)CCN1C(=O)Cc1c(F)cccc1F. The van der Waals surface area contributed by atoms with Crippen molar-refractivity contribution in [2.24, 2.45) is 0 Å². The summed E-state index contributed by atoms with van der Waals surface area (Å²) in [5.41, 5.74) is -0.762. The number of nitrogens with zero attached hydrogens (tertiary/aromatic N) is 1. The molecule has 0 aromatic heterocycles. The van der Waals surface area contributed by atoms with Gasteiger partial charge in [-0.05, 0) is 26.0 Å². The van der Waals surface area contributed by atoms with Crippen molar-refractivity contribution in [2.45, 2.75) is 25.8 Å². The molecule has 0 N–H and O–H groups in total. The number of carbonyl (C=O) groups excluding carboxylic acids is 1. The van der Waals surface area contributed by atoms with Gasteiger partial charge in [0.05, 0.1) is 6.42 Å². The molecule has 1 atom stereocenters. The highest BCUT2D eigenvalue weighted by Crippen LogP contribution is 2.23. The van der Waals surface area contributed by atoms with E-state index in [1.54, 1.807) is 4.90 Å². The van der Waals surface area contributed by atoms with E-state index in [0.717, 1.165) is 12.1 Å². The predicted molar refractivity (Wildman–Crippen MR) is 73.7 cm³/mol. The topological polar surface area (TPSA) is 37.4 Å². The summed E-state index contributed by atoms with van der Waals surface area (Å²) in [4.78, 5) is 13.9. The highest BCUT2D eigenvalue weighted by atomic mass is 32.2. The van der Waals surface area contributed by atoms with E-state index in [1.807, 2.05) is 13.8 Å². The molecular weight excluding hydrogens is 284 g/mol. The Balaban J connectivity index is 2.18. The van der Waals surface area contributed by atoms with E-state index in [2.05, 4.69) is 0 Å². The van der Waals surface area contributed by atoms with Crippen LogP contribution in [0.15, 0.2) is 18.2 Å². The largest absolute Gasteiger partial charge is 0.335 e. The first-order valence-corrected chi connectivity index (χ1v) is 7.88. The second kappa shape index (κ2) is 5.60. The fourth-order valence-corrected chi connectivity index (χ4v) is 3.92. The fourth-order valence-electron chi connectivity index (χ4n) is 2.45. The van der Waals surface area contributed by atoms with Gasteiger partial charge in [0, 0.05) is 40.0 Å². The van der Waals surface area contributed by atoms with Crippen molar-refractivity contribution in [3.63, 3.8) is 0 Å². The lowest BCUT2D eigenvalue weighted by Crippen LogP contribution is -2.56. The third kappa shape index (κ3) is 3.06. The van der Waals surface area contributed by atoms with Gasteiger partial charge in [-0.3, -0.25) is 9.00 Å². The Bertz CT molecular complexity index is 540. The van der Waals surface area contributed by atoms with Crippen LogP contribution in [0, 0.1) is 11.6 Å². The van der Waals surface area contributed by atoms with Crippen LogP contribution >= 0.6 is 0 Å². The Morgan fingerprint density at radius 3 is 2.50 bits per heavy atom. The van der Waals surface area contributed by atoms with Crippen molar-refractivity contribution < 1.29 is 17.8 Å². The van der Waals surface area contributed by atoms with Crippen LogP contribution in [0.25, 0.3) is 0 Å². The zero-order valence-electron chi connectivity index (χ0n) is 11.5. The van der Waals surface area contributed by atoms with Crippen LogP contribution in [0.2, 0.25) is 0 Å². The molecule has 1 heterocycles. The monoisotopic (exact) mass is 301 g/mol. The van der Waals surface area contributed by atoms with Gasteiger partial charge in [0.2, 0.25) is 5.91 Å². The minimum absolute atomic E-state index is 0.208. The molecule has 0 aliphatic carbocycles. The number of benzene rings is 1. The molecule has 6 heteroatoms. The molecule has 0 saturated carbocycles. The summed E-state index contributed by atoms with van der Waals surface area (Å²) in [7, 11) is -0.944. The molecule has 1 aromatic rings. The molecule has 1 fully saturated rings. The first-order chi connectivity index (χ1) is 9.31. The van der Waals surface area contributed by atoms with Gasteiger partial charge in [-0.1, -0.05) is 6.07 Å². The minimum Gasteiger partial charge on any atom is -0.335 e. The molecule has 1 aliphatic heterocycles. The molecule has 20 heavy (non-hydrogen) atoms.